The van der Waals surface area contributed by atoms with Gasteiger partial charge in [-0.2, -0.15) is 8.42 Å². The van der Waals surface area contributed by atoms with Gasteiger partial charge in [0.05, 0.1) is 6.61 Å². The Bertz CT molecular complexity index is 185. The standard InChI is InChI=1S/C6H14O4S/c1-3-4-6(2)5-10-11(7,8)9/h6H,3-5H2,1-2H3,(H,7,8,9). The van der Waals surface area contributed by atoms with Crippen molar-refractivity contribution in [3.63, 3.8) is 0 Å². The van der Waals surface area contributed by atoms with Gasteiger partial charge in [0.2, 0.25) is 0 Å². The van der Waals surface area contributed by atoms with Gasteiger partial charge in [-0.05, 0) is 12.3 Å². The van der Waals surface area contributed by atoms with Crippen molar-refractivity contribution in [2.24, 2.45) is 5.92 Å². The molecule has 1 N–H and O–H groups in total. The summed E-state index contributed by atoms with van der Waals surface area (Å²) in [6, 6.07) is 0. The van der Waals surface area contributed by atoms with Crippen molar-refractivity contribution in [3.05, 3.63) is 0 Å². The summed E-state index contributed by atoms with van der Waals surface area (Å²) in [7, 11) is -4.24. The van der Waals surface area contributed by atoms with Crippen molar-refractivity contribution in [1.82, 2.24) is 0 Å². The molecule has 4 nitrogen and oxygen atoms in total. The second-order valence-electron chi connectivity index (χ2n) is 2.61. The second kappa shape index (κ2) is 4.69. The molecule has 1 unspecified atom stereocenters. The van der Waals surface area contributed by atoms with Gasteiger partial charge in [-0.15, -0.1) is 0 Å². The summed E-state index contributed by atoms with van der Waals surface area (Å²) < 4.78 is 32.5. The van der Waals surface area contributed by atoms with Crippen LogP contribution in [0, 0.1) is 5.92 Å². The molecule has 0 rings (SSSR count). The van der Waals surface area contributed by atoms with E-state index in [0.29, 0.717) is 0 Å². The lowest BCUT2D eigenvalue weighted by molar-refractivity contribution is 0.224. The second-order valence-corrected chi connectivity index (χ2v) is 3.70. The van der Waals surface area contributed by atoms with E-state index in [4.69, 9.17) is 4.55 Å². The lowest BCUT2D eigenvalue weighted by atomic mass is 10.1. The molecule has 0 saturated heterocycles. The first-order valence-corrected chi connectivity index (χ1v) is 4.94. The van der Waals surface area contributed by atoms with Crippen molar-refractivity contribution in [3.8, 4) is 0 Å². The molecular formula is C6H14O4S. The van der Waals surface area contributed by atoms with Crippen LogP contribution in [0.4, 0.5) is 0 Å². The van der Waals surface area contributed by atoms with E-state index in [2.05, 4.69) is 4.18 Å². The maximum atomic E-state index is 10.1. The van der Waals surface area contributed by atoms with E-state index >= 15 is 0 Å². The quantitative estimate of drug-likeness (QED) is 0.650. The average molecular weight is 182 g/mol. The van der Waals surface area contributed by atoms with E-state index in [1.54, 1.807) is 0 Å². The Kier molecular flexibility index (Phi) is 4.63. The summed E-state index contributed by atoms with van der Waals surface area (Å²) in [5, 5.41) is 0. The third-order valence-corrected chi connectivity index (χ3v) is 1.72. The van der Waals surface area contributed by atoms with Crippen LogP contribution in [0.15, 0.2) is 0 Å². The van der Waals surface area contributed by atoms with Crippen LogP contribution in [0.1, 0.15) is 26.7 Å². The molecule has 0 spiro atoms. The van der Waals surface area contributed by atoms with E-state index in [0.717, 1.165) is 12.8 Å². The zero-order valence-electron chi connectivity index (χ0n) is 6.78. The molecule has 0 aliphatic carbocycles. The van der Waals surface area contributed by atoms with Crippen molar-refractivity contribution in [2.75, 3.05) is 6.61 Å². The maximum Gasteiger partial charge on any atom is 0.397 e. The van der Waals surface area contributed by atoms with E-state index in [1.807, 2.05) is 13.8 Å². The minimum absolute atomic E-state index is 0.0622. The summed E-state index contributed by atoms with van der Waals surface area (Å²) in [5.41, 5.74) is 0. The smallest absolute Gasteiger partial charge is 0.264 e. The first kappa shape index (κ1) is 10.9. The van der Waals surface area contributed by atoms with Crippen LogP contribution in [-0.4, -0.2) is 19.6 Å². The Balaban J connectivity index is 3.54. The number of hydrogen-bond donors (Lipinski definition) is 1. The Hall–Kier alpha value is -0.130. The predicted molar refractivity (Wildman–Crippen MR) is 41.6 cm³/mol. The van der Waals surface area contributed by atoms with E-state index < -0.39 is 10.4 Å². The van der Waals surface area contributed by atoms with Gasteiger partial charge in [-0.1, -0.05) is 20.3 Å². The van der Waals surface area contributed by atoms with Gasteiger partial charge in [-0.3, -0.25) is 4.55 Å². The van der Waals surface area contributed by atoms with Gasteiger partial charge in [0, 0.05) is 0 Å². The van der Waals surface area contributed by atoms with E-state index in [1.165, 1.54) is 0 Å². The van der Waals surface area contributed by atoms with Gasteiger partial charge >= 0.3 is 10.4 Å². The minimum atomic E-state index is -4.24. The molecule has 0 amide bonds. The molecule has 0 aromatic heterocycles. The van der Waals surface area contributed by atoms with Crippen LogP contribution in [-0.2, 0) is 14.6 Å². The fourth-order valence-corrected chi connectivity index (χ4v) is 1.18. The summed E-state index contributed by atoms with van der Waals surface area (Å²) in [6.07, 6.45) is 1.88. The van der Waals surface area contributed by atoms with Gasteiger partial charge in [0.1, 0.15) is 0 Å². The molecule has 0 aliphatic heterocycles. The number of rotatable bonds is 5. The molecule has 1 atom stereocenters. The first-order valence-electron chi connectivity index (χ1n) is 3.57. The lowest BCUT2D eigenvalue weighted by Gasteiger charge is -2.07. The summed E-state index contributed by atoms with van der Waals surface area (Å²) >= 11 is 0. The normalized spacial score (nSPS) is 14.8. The lowest BCUT2D eigenvalue weighted by Crippen LogP contribution is -2.11. The highest BCUT2D eigenvalue weighted by Crippen LogP contribution is 2.05. The molecule has 5 heteroatoms. The van der Waals surface area contributed by atoms with Gasteiger partial charge in [-0.25, -0.2) is 4.18 Å². The maximum absolute atomic E-state index is 10.1. The van der Waals surface area contributed by atoms with E-state index in [-0.39, 0.29) is 12.5 Å². The van der Waals surface area contributed by atoms with Crippen LogP contribution in [0.25, 0.3) is 0 Å². The fourth-order valence-electron chi connectivity index (χ4n) is 0.778. The summed E-state index contributed by atoms with van der Waals surface area (Å²) in [4.78, 5) is 0. The molecule has 0 saturated carbocycles. The molecular weight excluding hydrogens is 168 g/mol. The largest absolute Gasteiger partial charge is 0.397 e. The SMILES string of the molecule is CCCC(C)COS(=O)(=O)O. The van der Waals surface area contributed by atoms with Crippen LogP contribution in [0.3, 0.4) is 0 Å². The molecule has 0 aromatic carbocycles. The third kappa shape index (κ3) is 7.77. The van der Waals surface area contributed by atoms with Gasteiger partial charge < -0.3 is 0 Å². The fraction of sp³-hybridized carbons (Fsp3) is 1.00. The van der Waals surface area contributed by atoms with Crippen molar-refractivity contribution >= 4 is 10.4 Å². The Morgan fingerprint density at radius 2 is 2.09 bits per heavy atom. The number of hydrogen-bond acceptors (Lipinski definition) is 3. The summed E-state index contributed by atoms with van der Waals surface area (Å²) in [5.74, 6) is 0.168. The Labute approximate surface area is 67.5 Å². The molecule has 11 heavy (non-hydrogen) atoms. The van der Waals surface area contributed by atoms with Crippen molar-refractivity contribution in [1.29, 1.82) is 0 Å². The monoisotopic (exact) mass is 182 g/mol. The van der Waals surface area contributed by atoms with Crippen LogP contribution in [0.2, 0.25) is 0 Å². The molecule has 0 fully saturated rings. The van der Waals surface area contributed by atoms with Crippen molar-refractivity contribution < 1.29 is 17.2 Å². The Morgan fingerprint density at radius 3 is 2.45 bits per heavy atom. The topological polar surface area (TPSA) is 63.6 Å². The molecule has 0 radical (unpaired) electrons. The zero-order valence-corrected chi connectivity index (χ0v) is 7.60. The minimum Gasteiger partial charge on any atom is -0.264 e. The molecule has 0 bridgehead atoms. The highest BCUT2D eigenvalue weighted by Gasteiger charge is 2.07. The first-order chi connectivity index (χ1) is 4.95. The molecule has 0 aromatic rings. The average Bonchev–Trinajstić information content (AvgIpc) is 1.83. The van der Waals surface area contributed by atoms with Crippen LogP contribution in [0.5, 0.6) is 0 Å². The van der Waals surface area contributed by atoms with Crippen molar-refractivity contribution in [2.45, 2.75) is 26.7 Å². The highest BCUT2D eigenvalue weighted by molar-refractivity contribution is 7.80. The van der Waals surface area contributed by atoms with Gasteiger partial charge in [0.15, 0.2) is 0 Å². The molecule has 0 aliphatic rings. The van der Waals surface area contributed by atoms with Crippen LogP contribution >= 0.6 is 0 Å². The van der Waals surface area contributed by atoms with E-state index in [9.17, 15) is 8.42 Å². The molecule has 68 valence electrons. The van der Waals surface area contributed by atoms with Crippen LogP contribution < -0.4 is 0 Å². The molecule has 0 heterocycles. The van der Waals surface area contributed by atoms with Gasteiger partial charge in [0.25, 0.3) is 0 Å². The summed E-state index contributed by atoms with van der Waals surface area (Å²) in [6.45, 7) is 3.94. The predicted octanol–water partition coefficient (Wildman–Crippen LogP) is 1.24. The highest BCUT2D eigenvalue weighted by atomic mass is 32.3. The zero-order chi connectivity index (χ0) is 8.91. The Morgan fingerprint density at radius 1 is 1.55 bits per heavy atom. The third-order valence-electron chi connectivity index (χ3n) is 1.28.